The molecule has 1 fully saturated rings. The lowest BCUT2D eigenvalue weighted by molar-refractivity contribution is -0.153. The fraction of sp³-hybridized carbons (Fsp3) is 0.391. The molecule has 2 heterocycles. The maximum absolute atomic E-state index is 13.1. The number of hydrogen-bond acceptors (Lipinski definition) is 7. The fourth-order valence-electron chi connectivity index (χ4n) is 3.48. The maximum atomic E-state index is 13.1. The number of hydrogen-bond donors (Lipinski definition) is 0. The summed E-state index contributed by atoms with van der Waals surface area (Å²) in [5.74, 6) is 2.41. The summed E-state index contributed by atoms with van der Waals surface area (Å²) in [5.41, 5.74) is -0.524. The van der Waals surface area contributed by atoms with Crippen molar-refractivity contribution in [1.29, 1.82) is 5.26 Å². The predicted molar refractivity (Wildman–Crippen MR) is 110 cm³/mol. The largest absolute Gasteiger partial charge is 0.491 e. The molecule has 0 aromatic heterocycles. The Kier molecular flexibility index (Phi) is 5.87. The molecule has 0 bridgehead atoms. The van der Waals surface area contributed by atoms with Crippen LogP contribution >= 0.6 is 0 Å². The third kappa shape index (κ3) is 4.84. The van der Waals surface area contributed by atoms with Gasteiger partial charge in [-0.05, 0) is 50.2 Å². The number of ether oxygens (including phenoxy) is 5. The quantitative estimate of drug-likeness (QED) is 0.704. The van der Waals surface area contributed by atoms with Crippen molar-refractivity contribution >= 4 is 5.91 Å². The van der Waals surface area contributed by atoms with Crippen LogP contribution in [0.1, 0.15) is 19.4 Å². The Morgan fingerprint density at radius 1 is 1.16 bits per heavy atom. The summed E-state index contributed by atoms with van der Waals surface area (Å²) < 4.78 is 28.2. The minimum atomic E-state index is -1.06. The molecule has 0 aliphatic carbocycles. The summed E-state index contributed by atoms with van der Waals surface area (Å²) in [7, 11) is 0. The zero-order valence-electron chi connectivity index (χ0n) is 17.5. The molecule has 0 saturated carbocycles. The average molecular weight is 424 g/mol. The Morgan fingerprint density at radius 3 is 2.68 bits per heavy atom. The monoisotopic (exact) mass is 424 g/mol. The van der Waals surface area contributed by atoms with Crippen molar-refractivity contribution in [2.75, 3.05) is 33.1 Å². The molecule has 1 atom stereocenters. The number of carbonyl (C=O) groups excluding carboxylic acids is 1. The molecular formula is C23H24N2O6. The van der Waals surface area contributed by atoms with Crippen LogP contribution in [-0.4, -0.2) is 55.6 Å². The summed E-state index contributed by atoms with van der Waals surface area (Å²) in [5, 5.41) is 8.92. The normalized spacial score (nSPS) is 17.7. The molecule has 1 unspecified atom stereocenters. The van der Waals surface area contributed by atoms with E-state index in [0.29, 0.717) is 54.9 Å². The zero-order valence-corrected chi connectivity index (χ0v) is 17.5. The SMILES string of the molecule is CC(C)(Oc1ccc(C#N)cc1)C(=O)N1CCOC(COc2ccc3c(c2)OCO3)C1. The lowest BCUT2D eigenvalue weighted by Gasteiger charge is -2.37. The highest BCUT2D eigenvalue weighted by molar-refractivity contribution is 5.85. The zero-order chi connectivity index (χ0) is 21.8. The van der Waals surface area contributed by atoms with Crippen molar-refractivity contribution in [3.8, 4) is 29.1 Å². The fourth-order valence-corrected chi connectivity index (χ4v) is 3.48. The van der Waals surface area contributed by atoms with Crippen molar-refractivity contribution in [2.24, 2.45) is 0 Å². The van der Waals surface area contributed by atoms with Crippen LogP contribution in [0.2, 0.25) is 0 Å². The molecule has 31 heavy (non-hydrogen) atoms. The Balaban J connectivity index is 1.33. The number of nitrogens with zero attached hydrogens (tertiary/aromatic N) is 2. The van der Waals surface area contributed by atoms with E-state index in [1.807, 2.05) is 6.07 Å². The third-order valence-corrected chi connectivity index (χ3v) is 5.08. The molecule has 162 valence electrons. The van der Waals surface area contributed by atoms with E-state index in [9.17, 15) is 4.79 Å². The van der Waals surface area contributed by atoms with Crippen LogP contribution in [0.4, 0.5) is 0 Å². The second kappa shape index (κ2) is 8.74. The van der Waals surface area contributed by atoms with Gasteiger partial charge in [-0.3, -0.25) is 4.79 Å². The summed E-state index contributed by atoms with van der Waals surface area (Å²) in [6, 6.07) is 14.2. The van der Waals surface area contributed by atoms with Crippen molar-refractivity contribution in [3.05, 3.63) is 48.0 Å². The Labute approximate surface area is 180 Å². The third-order valence-electron chi connectivity index (χ3n) is 5.08. The number of rotatable bonds is 6. The van der Waals surface area contributed by atoms with Gasteiger partial charge in [0.2, 0.25) is 6.79 Å². The molecule has 0 radical (unpaired) electrons. The lowest BCUT2D eigenvalue weighted by atomic mass is 10.1. The first kappa shape index (κ1) is 20.8. The van der Waals surface area contributed by atoms with Gasteiger partial charge in [-0.25, -0.2) is 0 Å². The molecule has 1 amide bonds. The summed E-state index contributed by atoms with van der Waals surface area (Å²) in [4.78, 5) is 14.9. The standard InChI is InChI=1S/C23H24N2O6/c1-23(2,31-17-5-3-16(12-24)4-6-17)22(26)25-9-10-27-19(13-25)14-28-18-7-8-20-21(11-18)30-15-29-20/h3-8,11,19H,9-10,13-15H2,1-2H3. The van der Waals surface area contributed by atoms with Gasteiger partial charge in [-0.2, -0.15) is 5.26 Å². The van der Waals surface area contributed by atoms with Crippen molar-refractivity contribution in [2.45, 2.75) is 25.6 Å². The smallest absolute Gasteiger partial charge is 0.266 e. The first-order valence-electron chi connectivity index (χ1n) is 10.1. The number of fused-ring (bicyclic) bond motifs is 1. The molecule has 2 aromatic rings. The molecule has 0 spiro atoms. The number of morpholine rings is 1. The van der Waals surface area contributed by atoms with Gasteiger partial charge in [0.1, 0.15) is 24.2 Å². The Bertz CT molecular complexity index is 983. The minimum absolute atomic E-state index is 0.131. The lowest BCUT2D eigenvalue weighted by Crippen LogP contribution is -2.55. The molecule has 0 N–H and O–H groups in total. The van der Waals surface area contributed by atoms with Crippen LogP contribution in [0.25, 0.3) is 0 Å². The van der Waals surface area contributed by atoms with Crippen LogP contribution in [0.3, 0.4) is 0 Å². The van der Waals surface area contributed by atoms with Crippen molar-refractivity contribution in [1.82, 2.24) is 4.90 Å². The molecule has 8 heteroatoms. The minimum Gasteiger partial charge on any atom is -0.491 e. The van der Waals surface area contributed by atoms with E-state index in [2.05, 4.69) is 6.07 Å². The molecule has 2 aliphatic rings. The summed E-state index contributed by atoms with van der Waals surface area (Å²) in [6.07, 6.45) is -0.256. The van der Waals surface area contributed by atoms with Crippen LogP contribution < -0.4 is 18.9 Å². The Morgan fingerprint density at radius 2 is 1.90 bits per heavy atom. The maximum Gasteiger partial charge on any atom is 0.266 e. The molecule has 1 saturated heterocycles. The average Bonchev–Trinajstić information content (AvgIpc) is 3.25. The van der Waals surface area contributed by atoms with Crippen LogP contribution in [0, 0.1) is 11.3 Å². The van der Waals surface area contributed by atoms with E-state index >= 15 is 0 Å². The summed E-state index contributed by atoms with van der Waals surface area (Å²) in [6.45, 7) is 5.31. The van der Waals surface area contributed by atoms with Gasteiger partial charge >= 0.3 is 0 Å². The molecule has 2 aromatic carbocycles. The van der Waals surface area contributed by atoms with Crippen LogP contribution in [0.5, 0.6) is 23.0 Å². The first-order chi connectivity index (χ1) is 14.9. The Hall–Kier alpha value is -3.44. The highest BCUT2D eigenvalue weighted by Crippen LogP contribution is 2.35. The van der Waals surface area contributed by atoms with Gasteiger partial charge in [-0.15, -0.1) is 0 Å². The topological polar surface area (TPSA) is 90.3 Å². The van der Waals surface area contributed by atoms with E-state index < -0.39 is 5.60 Å². The highest BCUT2D eigenvalue weighted by atomic mass is 16.7. The van der Waals surface area contributed by atoms with Crippen molar-refractivity contribution < 1.29 is 28.5 Å². The second-order valence-electron chi connectivity index (χ2n) is 7.82. The predicted octanol–water partition coefficient (Wildman–Crippen LogP) is 2.75. The molecular weight excluding hydrogens is 400 g/mol. The van der Waals surface area contributed by atoms with Gasteiger partial charge in [0.05, 0.1) is 24.8 Å². The van der Waals surface area contributed by atoms with Gasteiger partial charge in [0.15, 0.2) is 17.1 Å². The van der Waals surface area contributed by atoms with Gasteiger partial charge in [0.25, 0.3) is 5.91 Å². The van der Waals surface area contributed by atoms with Gasteiger partial charge in [-0.1, -0.05) is 0 Å². The second-order valence-corrected chi connectivity index (χ2v) is 7.82. The van der Waals surface area contributed by atoms with Crippen molar-refractivity contribution in [3.63, 3.8) is 0 Å². The van der Waals surface area contributed by atoms with E-state index in [1.165, 1.54) is 0 Å². The number of nitriles is 1. The van der Waals surface area contributed by atoms with Gasteiger partial charge < -0.3 is 28.6 Å². The molecule has 4 rings (SSSR count). The number of carbonyl (C=O) groups is 1. The number of amides is 1. The first-order valence-corrected chi connectivity index (χ1v) is 10.1. The van der Waals surface area contributed by atoms with E-state index in [4.69, 9.17) is 28.9 Å². The van der Waals surface area contributed by atoms with E-state index in [0.717, 1.165) is 0 Å². The highest BCUT2D eigenvalue weighted by Gasteiger charge is 2.37. The molecule has 2 aliphatic heterocycles. The summed E-state index contributed by atoms with van der Waals surface area (Å²) >= 11 is 0. The van der Waals surface area contributed by atoms with Crippen LogP contribution in [0.15, 0.2) is 42.5 Å². The van der Waals surface area contributed by atoms with E-state index in [-0.39, 0.29) is 18.8 Å². The van der Waals surface area contributed by atoms with Crippen LogP contribution in [-0.2, 0) is 9.53 Å². The number of benzene rings is 2. The van der Waals surface area contributed by atoms with E-state index in [1.54, 1.807) is 55.1 Å². The van der Waals surface area contributed by atoms with Gasteiger partial charge in [0, 0.05) is 12.6 Å². The molecule has 8 nitrogen and oxygen atoms in total.